The summed E-state index contributed by atoms with van der Waals surface area (Å²) in [5, 5.41) is 6.82. The van der Waals surface area contributed by atoms with E-state index in [0.717, 1.165) is 49.9 Å². The molecule has 1 heterocycles. The van der Waals surface area contributed by atoms with Gasteiger partial charge < -0.3 is 20.1 Å². The molecule has 1 aliphatic rings. The van der Waals surface area contributed by atoms with Crippen LogP contribution >= 0.6 is 0 Å². The molecular weight excluding hydrogens is 364 g/mol. The lowest BCUT2D eigenvalue weighted by Crippen LogP contribution is -2.45. The smallest absolute Gasteiger partial charge is 0.191 e. The van der Waals surface area contributed by atoms with Gasteiger partial charge in [0.1, 0.15) is 11.9 Å². The summed E-state index contributed by atoms with van der Waals surface area (Å²) in [6, 6.07) is 7.40. The number of aliphatic imine (C=N–C) groups is 1. The second-order valence-corrected chi connectivity index (χ2v) is 8.26. The van der Waals surface area contributed by atoms with Crippen LogP contribution in [0.25, 0.3) is 0 Å². The van der Waals surface area contributed by atoms with E-state index in [0.29, 0.717) is 25.2 Å². The Morgan fingerprint density at radius 1 is 1.24 bits per heavy atom. The Hall–Kier alpha value is -1.79. The van der Waals surface area contributed by atoms with Crippen molar-refractivity contribution >= 4 is 5.96 Å². The predicted octanol–water partition coefficient (Wildman–Crippen LogP) is 3.34. The molecule has 2 rings (SSSR count). The van der Waals surface area contributed by atoms with Gasteiger partial charge in [-0.1, -0.05) is 12.1 Å². The number of guanidine groups is 1. The molecule has 6 heteroatoms. The highest BCUT2D eigenvalue weighted by Crippen LogP contribution is 2.24. The molecular formula is C23H40N4O2. The normalized spacial score (nSPS) is 17.4. The first-order valence-corrected chi connectivity index (χ1v) is 11.0. The van der Waals surface area contributed by atoms with Gasteiger partial charge >= 0.3 is 0 Å². The zero-order valence-electron chi connectivity index (χ0n) is 19.1. The molecule has 1 saturated heterocycles. The maximum absolute atomic E-state index is 6.20. The first kappa shape index (κ1) is 23.5. The third kappa shape index (κ3) is 7.86. The second kappa shape index (κ2) is 12.0. The van der Waals surface area contributed by atoms with Crippen molar-refractivity contribution in [2.75, 3.05) is 32.8 Å². The highest BCUT2D eigenvalue weighted by Gasteiger charge is 2.19. The number of rotatable bonds is 10. The van der Waals surface area contributed by atoms with E-state index in [1.807, 2.05) is 0 Å². The van der Waals surface area contributed by atoms with Gasteiger partial charge in [-0.05, 0) is 53.2 Å². The molecule has 0 aromatic heterocycles. The van der Waals surface area contributed by atoms with Crippen LogP contribution in [0.1, 0.15) is 52.2 Å². The SMILES string of the molecule is CCNC(=NCc1ccc(C)cc1OC1CCOC1)NCCN(C(C)C)C(C)C. The Kier molecular flexibility index (Phi) is 9.74. The molecule has 0 bridgehead atoms. The van der Waals surface area contributed by atoms with E-state index in [-0.39, 0.29) is 6.10 Å². The van der Waals surface area contributed by atoms with Crippen molar-refractivity contribution in [3.05, 3.63) is 29.3 Å². The number of hydrogen-bond acceptors (Lipinski definition) is 4. The fourth-order valence-corrected chi connectivity index (χ4v) is 3.61. The molecule has 1 fully saturated rings. The Balaban J connectivity index is 2.00. The lowest BCUT2D eigenvalue weighted by atomic mass is 10.1. The zero-order valence-corrected chi connectivity index (χ0v) is 19.1. The van der Waals surface area contributed by atoms with Crippen molar-refractivity contribution in [2.24, 2.45) is 4.99 Å². The van der Waals surface area contributed by atoms with Crippen LogP contribution in [-0.2, 0) is 11.3 Å². The van der Waals surface area contributed by atoms with Crippen LogP contribution in [0.5, 0.6) is 5.75 Å². The summed E-state index contributed by atoms with van der Waals surface area (Å²) < 4.78 is 11.7. The van der Waals surface area contributed by atoms with E-state index in [4.69, 9.17) is 14.5 Å². The molecule has 2 N–H and O–H groups in total. The van der Waals surface area contributed by atoms with Crippen LogP contribution in [0.4, 0.5) is 0 Å². The van der Waals surface area contributed by atoms with Gasteiger partial charge in [-0.3, -0.25) is 4.90 Å². The van der Waals surface area contributed by atoms with Gasteiger partial charge in [0.15, 0.2) is 5.96 Å². The molecule has 1 unspecified atom stereocenters. The summed E-state index contributed by atoms with van der Waals surface area (Å²) in [6.45, 7) is 17.9. The lowest BCUT2D eigenvalue weighted by molar-refractivity contribution is 0.140. The van der Waals surface area contributed by atoms with Crippen molar-refractivity contribution in [1.82, 2.24) is 15.5 Å². The minimum absolute atomic E-state index is 0.143. The van der Waals surface area contributed by atoms with Crippen LogP contribution < -0.4 is 15.4 Å². The van der Waals surface area contributed by atoms with E-state index in [9.17, 15) is 0 Å². The molecule has 0 amide bonds. The molecule has 0 radical (unpaired) electrons. The van der Waals surface area contributed by atoms with Gasteiger partial charge in [0.2, 0.25) is 0 Å². The van der Waals surface area contributed by atoms with Crippen LogP contribution in [0.15, 0.2) is 23.2 Å². The Morgan fingerprint density at radius 3 is 2.62 bits per heavy atom. The number of benzene rings is 1. The molecule has 0 spiro atoms. The molecule has 29 heavy (non-hydrogen) atoms. The summed E-state index contributed by atoms with van der Waals surface area (Å²) in [6.07, 6.45) is 1.09. The average molecular weight is 405 g/mol. The van der Waals surface area contributed by atoms with Crippen molar-refractivity contribution in [2.45, 2.75) is 72.7 Å². The highest BCUT2D eigenvalue weighted by atomic mass is 16.5. The van der Waals surface area contributed by atoms with Gasteiger partial charge in [-0.2, -0.15) is 0 Å². The minimum Gasteiger partial charge on any atom is -0.488 e. The Labute approximate surface area is 177 Å². The van der Waals surface area contributed by atoms with Crippen LogP contribution in [0.3, 0.4) is 0 Å². The summed E-state index contributed by atoms with van der Waals surface area (Å²) in [5.41, 5.74) is 2.30. The number of aryl methyl sites for hydroxylation is 1. The van der Waals surface area contributed by atoms with Gasteiger partial charge in [0.25, 0.3) is 0 Å². The van der Waals surface area contributed by atoms with Crippen LogP contribution in [0, 0.1) is 6.92 Å². The average Bonchev–Trinajstić information content (AvgIpc) is 3.16. The number of ether oxygens (including phenoxy) is 2. The fraction of sp³-hybridized carbons (Fsp3) is 0.696. The highest BCUT2D eigenvalue weighted by molar-refractivity contribution is 5.79. The van der Waals surface area contributed by atoms with Gasteiger partial charge in [0, 0.05) is 43.7 Å². The van der Waals surface area contributed by atoms with E-state index in [2.05, 4.69) is 75.3 Å². The van der Waals surface area contributed by atoms with E-state index in [1.165, 1.54) is 5.56 Å². The molecule has 1 aliphatic heterocycles. The van der Waals surface area contributed by atoms with E-state index in [1.54, 1.807) is 0 Å². The standard InChI is InChI=1S/C23H40N4O2/c1-7-24-23(25-11-12-27(17(2)3)18(4)5)26-15-20-9-8-19(6)14-22(20)29-21-10-13-28-16-21/h8-9,14,17-18,21H,7,10-13,15-16H2,1-6H3,(H2,24,25,26). The number of nitrogens with zero attached hydrogens (tertiary/aromatic N) is 2. The third-order valence-electron chi connectivity index (χ3n) is 5.14. The quantitative estimate of drug-likeness (QED) is 0.463. The van der Waals surface area contributed by atoms with Crippen LogP contribution in [0.2, 0.25) is 0 Å². The first-order valence-electron chi connectivity index (χ1n) is 11.0. The molecule has 0 saturated carbocycles. The molecule has 1 aromatic carbocycles. The predicted molar refractivity (Wildman–Crippen MR) is 121 cm³/mol. The first-order chi connectivity index (χ1) is 13.9. The second-order valence-electron chi connectivity index (χ2n) is 8.26. The van der Waals surface area contributed by atoms with Crippen molar-refractivity contribution in [3.63, 3.8) is 0 Å². The zero-order chi connectivity index (χ0) is 21.2. The van der Waals surface area contributed by atoms with E-state index < -0.39 is 0 Å². The Morgan fingerprint density at radius 2 is 2.00 bits per heavy atom. The maximum Gasteiger partial charge on any atom is 0.191 e. The number of hydrogen-bond donors (Lipinski definition) is 2. The van der Waals surface area contributed by atoms with Crippen molar-refractivity contribution in [3.8, 4) is 5.75 Å². The Bertz CT molecular complexity index is 632. The largest absolute Gasteiger partial charge is 0.488 e. The minimum atomic E-state index is 0.143. The monoisotopic (exact) mass is 404 g/mol. The van der Waals surface area contributed by atoms with Gasteiger partial charge in [-0.25, -0.2) is 4.99 Å². The lowest BCUT2D eigenvalue weighted by Gasteiger charge is -2.30. The summed E-state index contributed by atoms with van der Waals surface area (Å²) in [7, 11) is 0. The summed E-state index contributed by atoms with van der Waals surface area (Å²) in [5.74, 6) is 1.77. The molecule has 164 valence electrons. The molecule has 6 nitrogen and oxygen atoms in total. The maximum atomic E-state index is 6.20. The van der Waals surface area contributed by atoms with Gasteiger partial charge in [0.05, 0.1) is 19.8 Å². The van der Waals surface area contributed by atoms with E-state index >= 15 is 0 Å². The molecule has 0 aliphatic carbocycles. The third-order valence-corrected chi connectivity index (χ3v) is 5.14. The summed E-state index contributed by atoms with van der Waals surface area (Å²) >= 11 is 0. The van der Waals surface area contributed by atoms with Gasteiger partial charge in [-0.15, -0.1) is 0 Å². The molecule has 1 aromatic rings. The number of nitrogens with one attached hydrogen (secondary N) is 2. The fourth-order valence-electron chi connectivity index (χ4n) is 3.61. The topological polar surface area (TPSA) is 58.1 Å². The summed E-state index contributed by atoms with van der Waals surface area (Å²) in [4.78, 5) is 7.28. The molecule has 1 atom stereocenters. The van der Waals surface area contributed by atoms with Crippen LogP contribution in [-0.4, -0.2) is 61.9 Å². The van der Waals surface area contributed by atoms with Crippen molar-refractivity contribution in [1.29, 1.82) is 0 Å². The van der Waals surface area contributed by atoms with Crippen molar-refractivity contribution < 1.29 is 9.47 Å².